The van der Waals surface area contributed by atoms with E-state index in [4.69, 9.17) is 14.2 Å². The summed E-state index contributed by atoms with van der Waals surface area (Å²) in [5.41, 5.74) is 1.08. The summed E-state index contributed by atoms with van der Waals surface area (Å²) in [5, 5.41) is 2.59. The Morgan fingerprint density at radius 1 is 1.00 bits per heavy atom. The van der Waals surface area contributed by atoms with Crippen LogP contribution in [0.4, 0.5) is 5.69 Å². The van der Waals surface area contributed by atoms with E-state index in [1.165, 1.54) is 26.4 Å². The lowest BCUT2D eigenvalue weighted by atomic mass is 10.1. The van der Waals surface area contributed by atoms with Crippen LogP contribution in [0.1, 0.15) is 15.9 Å². The number of hydrogen-bond donors (Lipinski definition) is 1. The molecular weight excluding hydrogens is 386 g/mol. The molecule has 1 amide bonds. The Balaban J connectivity index is 1.96. The Kier molecular flexibility index (Phi) is 7.00. The van der Waals surface area contributed by atoms with Gasteiger partial charge in [-0.05, 0) is 29.8 Å². The summed E-state index contributed by atoms with van der Waals surface area (Å²) in [6, 6.07) is 10.9. The number of rotatable bonds is 8. The molecule has 0 atom stereocenters. The van der Waals surface area contributed by atoms with Crippen molar-refractivity contribution in [3.05, 3.63) is 53.6 Å². The first kappa shape index (κ1) is 21.2. The van der Waals surface area contributed by atoms with Gasteiger partial charge in [0.2, 0.25) is 0 Å². The third-order valence-electron chi connectivity index (χ3n) is 3.59. The summed E-state index contributed by atoms with van der Waals surface area (Å²) in [6.07, 6.45) is 1.11. The molecule has 0 unspecified atom stereocenters. The van der Waals surface area contributed by atoms with E-state index in [0.29, 0.717) is 22.7 Å². The van der Waals surface area contributed by atoms with Crippen LogP contribution >= 0.6 is 0 Å². The molecule has 2 rings (SSSR count). The Labute approximate surface area is 163 Å². The number of hydrogen-bond acceptors (Lipinski definition) is 7. The van der Waals surface area contributed by atoms with Gasteiger partial charge in [-0.3, -0.25) is 4.79 Å². The maximum atomic E-state index is 12.1. The molecule has 8 nitrogen and oxygen atoms in total. The summed E-state index contributed by atoms with van der Waals surface area (Å²) in [7, 11) is -0.250. The van der Waals surface area contributed by atoms with Crippen molar-refractivity contribution >= 4 is 27.4 Å². The van der Waals surface area contributed by atoms with E-state index in [0.717, 1.165) is 6.26 Å². The zero-order chi connectivity index (χ0) is 20.7. The molecule has 0 aromatic heterocycles. The van der Waals surface area contributed by atoms with Gasteiger partial charge in [-0.2, -0.15) is 0 Å². The van der Waals surface area contributed by atoms with Gasteiger partial charge in [-0.25, -0.2) is 13.2 Å². The summed E-state index contributed by atoms with van der Waals surface area (Å²) < 4.78 is 38.0. The van der Waals surface area contributed by atoms with Gasteiger partial charge in [0.1, 0.15) is 0 Å². The molecule has 0 heterocycles. The van der Waals surface area contributed by atoms with E-state index < -0.39 is 28.3 Å². The minimum Gasteiger partial charge on any atom is -0.493 e. The molecule has 1 N–H and O–H groups in total. The quantitative estimate of drug-likeness (QED) is 0.667. The van der Waals surface area contributed by atoms with Gasteiger partial charge < -0.3 is 19.5 Å². The summed E-state index contributed by atoms with van der Waals surface area (Å²) in [4.78, 5) is 24.1. The first-order valence-corrected chi connectivity index (χ1v) is 10.2. The SMILES string of the molecule is COc1ccc(NC(=O)COC(=O)c2cccc(CS(C)(=O)=O)c2)cc1OC. The molecule has 0 saturated heterocycles. The topological polar surface area (TPSA) is 108 Å². The average Bonchev–Trinajstić information content (AvgIpc) is 2.64. The highest BCUT2D eigenvalue weighted by Crippen LogP contribution is 2.29. The summed E-state index contributed by atoms with van der Waals surface area (Å²) in [5.74, 6) is -0.486. The fourth-order valence-corrected chi connectivity index (χ4v) is 3.20. The molecule has 0 aliphatic carbocycles. The normalized spacial score (nSPS) is 10.8. The van der Waals surface area contributed by atoms with Gasteiger partial charge in [0.05, 0.1) is 25.5 Å². The van der Waals surface area contributed by atoms with Gasteiger partial charge >= 0.3 is 5.97 Å². The van der Waals surface area contributed by atoms with Crippen molar-refractivity contribution in [3.63, 3.8) is 0 Å². The summed E-state index contributed by atoms with van der Waals surface area (Å²) >= 11 is 0. The van der Waals surface area contributed by atoms with Gasteiger partial charge in [-0.15, -0.1) is 0 Å². The zero-order valence-electron chi connectivity index (χ0n) is 15.7. The molecule has 0 spiro atoms. The number of methoxy groups -OCH3 is 2. The number of nitrogens with one attached hydrogen (secondary N) is 1. The largest absolute Gasteiger partial charge is 0.493 e. The van der Waals surface area contributed by atoms with Crippen LogP contribution in [0.5, 0.6) is 11.5 Å². The highest BCUT2D eigenvalue weighted by Gasteiger charge is 2.13. The predicted molar refractivity (Wildman–Crippen MR) is 103 cm³/mol. The van der Waals surface area contributed by atoms with E-state index in [1.54, 1.807) is 30.3 Å². The van der Waals surface area contributed by atoms with Crippen LogP contribution in [0.3, 0.4) is 0 Å². The second-order valence-electron chi connectivity index (χ2n) is 5.96. The van der Waals surface area contributed by atoms with Crippen LogP contribution in [-0.4, -0.2) is 47.4 Å². The molecule has 0 radical (unpaired) electrons. The van der Waals surface area contributed by atoms with Crippen molar-refractivity contribution in [1.29, 1.82) is 0 Å². The fourth-order valence-electron chi connectivity index (χ4n) is 2.42. The predicted octanol–water partition coefficient (Wildman–Crippen LogP) is 2.04. The molecule has 28 heavy (non-hydrogen) atoms. The average molecular weight is 407 g/mol. The monoisotopic (exact) mass is 407 g/mol. The maximum absolute atomic E-state index is 12.1. The molecule has 150 valence electrons. The van der Waals surface area contributed by atoms with Crippen molar-refractivity contribution in [1.82, 2.24) is 0 Å². The molecule has 2 aromatic rings. The van der Waals surface area contributed by atoms with Crippen molar-refractivity contribution in [2.75, 3.05) is 32.4 Å². The molecule has 0 fully saturated rings. The van der Waals surface area contributed by atoms with Crippen LogP contribution in [0, 0.1) is 0 Å². The lowest BCUT2D eigenvalue weighted by molar-refractivity contribution is -0.119. The molecule has 0 aliphatic heterocycles. The second-order valence-corrected chi connectivity index (χ2v) is 8.10. The van der Waals surface area contributed by atoms with E-state index >= 15 is 0 Å². The minimum atomic E-state index is -3.23. The number of anilines is 1. The van der Waals surface area contributed by atoms with E-state index in [1.807, 2.05) is 0 Å². The molecule has 2 aromatic carbocycles. The maximum Gasteiger partial charge on any atom is 0.338 e. The lowest BCUT2D eigenvalue weighted by Gasteiger charge is -2.11. The van der Waals surface area contributed by atoms with Gasteiger partial charge in [-0.1, -0.05) is 12.1 Å². The Morgan fingerprint density at radius 3 is 2.36 bits per heavy atom. The van der Waals surface area contributed by atoms with Crippen LogP contribution in [0.15, 0.2) is 42.5 Å². The molecular formula is C19H21NO7S. The van der Waals surface area contributed by atoms with Crippen molar-refractivity contribution < 1.29 is 32.2 Å². The molecule has 0 bridgehead atoms. The van der Waals surface area contributed by atoms with Crippen molar-refractivity contribution in [2.24, 2.45) is 0 Å². The number of amides is 1. The first-order chi connectivity index (χ1) is 13.2. The van der Waals surface area contributed by atoms with E-state index in [9.17, 15) is 18.0 Å². The third kappa shape index (κ3) is 6.27. The number of esters is 1. The van der Waals surface area contributed by atoms with Crippen LogP contribution in [0.2, 0.25) is 0 Å². The second kappa shape index (κ2) is 9.23. The Bertz CT molecular complexity index is 970. The van der Waals surface area contributed by atoms with Crippen molar-refractivity contribution in [2.45, 2.75) is 5.75 Å². The molecule has 9 heteroatoms. The fraction of sp³-hybridized carbons (Fsp3) is 0.263. The number of sulfone groups is 1. The zero-order valence-corrected chi connectivity index (χ0v) is 16.5. The minimum absolute atomic E-state index is 0.167. The number of ether oxygens (including phenoxy) is 3. The van der Waals surface area contributed by atoms with Crippen LogP contribution < -0.4 is 14.8 Å². The lowest BCUT2D eigenvalue weighted by Crippen LogP contribution is -2.21. The Morgan fingerprint density at radius 2 is 1.71 bits per heavy atom. The van der Waals surface area contributed by atoms with E-state index in [-0.39, 0.29) is 11.3 Å². The Hall–Kier alpha value is -3.07. The van der Waals surface area contributed by atoms with Crippen molar-refractivity contribution in [3.8, 4) is 11.5 Å². The van der Waals surface area contributed by atoms with Gasteiger partial charge in [0.15, 0.2) is 27.9 Å². The number of carbonyl (C=O) groups is 2. The summed E-state index contributed by atoms with van der Waals surface area (Å²) in [6.45, 7) is -0.497. The van der Waals surface area contributed by atoms with E-state index in [2.05, 4.69) is 5.32 Å². The first-order valence-electron chi connectivity index (χ1n) is 8.17. The number of benzene rings is 2. The number of carbonyl (C=O) groups excluding carboxylic acids is 2. The van der Waals surface area contributed by atoms with Crippen LogP contribution in [-0.2, 0) is 25.1 Å². The standard InChI is InChI=1S/C19H21NO7S/c1-25-16-8-7-15(10-17(16)26-2)20-18(21)11-27-19(22)14-6-4-5-13(9-14)12-28(3,23)24/h4-10H,11-12H2,1-3H3,(H,20,21). The smallest absolute Gasteiger partial charge is 0.338 e. The van der Waals surface area contributed by atoms with Gasteiger partial charge in [0.25, 0.3) is 5.91 Å². The highest BCUT2D eigenvalue weighted by molar-refractivity contribution is 7.89. The van der Waals surface area contributed by atoms with Crippen LogP contribution in [0.25, 0.3) is 0 Å². The highest BCUT2D eigenvalue weighted by atomic mass is 32.2. The molecule has 0 aliphatic rings. The van der Waals surface area contributed by atoms with Gasteiger partial charge in [0, 0.05) is 18.0 Å². The molecule has 0 saturated carbocycles. The third-order valence-corrected chi connectivity index (χ3v) is 4.45.